The number of anilines is 1. The second-order valence-corrected chi connectivity index (χ2v) is 8.47. The molecule has 1 unspecified atom stereocenters. The highest BCUT2D eigenvalue weighted by atomic mass is 16.5. The fourth-order valence-corrected chi connectivity index (χ4v) is 4.24. The molecule has 1 saturated heterocycles. The second kappa shape index (κ2) is 7.76. The van der Waals surface area contributed by atoms with E-state index in [2.05, 4.69) is 30.0 Å². The van der Waals surface area contributed by atoms with Crippen LogP contribution in [-0.4, -0.2) is 60.4 Å². The third kappa shape index (κ3) is 3.56. The van der Waals surface area contributed by atoms with Crippen molar-refractivity contribution < 1.29 is 14.3 Å². The maximum atomic E-state index is 13.4. The SMILES string of the molecule is Cc1ccc2c(c1)N(C)C(=O)C(C)(C(=O)N1CCN(Cc3ccccc3C)CC1)O2. The first kappa shape index (κ1) is 20.4. The van der Waals surface area contributed by atoms with Gasteiger partial charge in [-0.15, -0.1) is 0 Å². The molecule has 0 aromatic heterocycles. The molecular weight excluding hydrogens is 378 g/mol. The van der Waals surface area contributed by atoms with E-state index in [-0.39, 0.29) is 11.8 Å². The molecular formula is C24H29N3O3. The Morgan fingerprint density at radius 3 is 2.47 bits per heavy atom. The maximum absolute atomic E-state index is 13.4. The number of ether oxygens (including phenoxy) is 1. The lowest BCUT2D eigenvalue weighted by atomic mass is 9.98. The number of hydrogen-bond acceptors (Lipinski definition) is 4. The van der Waals surface area contributed by atoms with Crippen molar-refractivity contribution in [2.24, 2.45) is 0 Å². The lowest BCUT2D eigenvalue weighted by molar-refractivity contribution is -0.157. The Morgan fingerprint density at radius 2 is 1.77 bits per heavy atom. The van der Waals surface area contributed by atoms with Gasteiger partial charge in [0.1, 0.15) is 5.75 Å². The number of aryl methyl sites for hydroxylation is 2. The fraction of sp³-hybridized carbons (Fsp3) is 0.417. The Hall–Kier alpha value is -2.86. The highest BCUT2D eigenvalue weighted by Gasteiger charge is 2.51. The lowest BCUT2D eigenvalue weighted by Gasteiger charge is -2.42. The van der Waals surface area contributed by atoms with E-state index in [4.69, 9.17) is 4.74 Å². The van der Waals surface area contributed by atoms with Crippen molar-refractivity contribution in [2.45, 2.75) is 32.9 Å². The normalized spacial score (nSPS) is 21.9. The van der Waals surface area contributed by atoms with Crippen LogP contribution in [0.2, 0.25) is 0 Å². The number of amides is 2. The Kier molecular flexibility index (Phi) is 5.28. The van der Waals surface area contributed by atoms with Crippen molar-refractivity contribution in [3.05, 3.63) is 59.2 Å². The van der Waals surface area contributed by atoms with Gasteiger partial charge in [0.05, 0.1) is 5.69 Å². The first-order chi connectivity index (χ1) is 14.3. The molecule has 2 amide bonds. The minimum Gasteiger partial charge on any atom is -0.465 e. The van der Waals surface area contributed by atoms with Crippen LogP contribution in [0.15, 0.2) is 42.5 Å². The summed E-state index contributed by atoms with van der Waals surface area (Å²) in [5.41, 5.74) is 2.80. The maximum Gasteiger partial charge on any atom is 0.280 e. The Labute approximate surface area is 178 Å². The first-order valence-corrected chi connectivity index (χ1v) is 10.4. The third-order valence-electron chi connectivity index (χ3n) is 6.23. The summed E-state index contributed by atoms with van der Waals surface area (Å²) in [5.74, 6) is -0.0224. The Balaban J connectivity index is 1.45. The topological polar surface area (TPSA) is 53.1 Å². The predicted octanol–water partition coefficient (Wildman–Crippen LogP) is 2.76. The fourth-order valence-electron chi connectivity index (χ4n) is 4.24. The van der Waals surface area contributed by atoms with E-state index in [0.717, 1.165) is 25.2 Å². The molecule has 2 aromatic carbocycles. The third-order valence-corrected chi connectivity index (χ3v) is 6.23. The van der Waals surface area contributed by atoms with Crippen LogP contribution in [0.25, 0.3) is 0 Å². The van der Waals surface area contributed by atoms with Crippen molar-refractivity contribution in [1.82, 2.24) is 9.80 Å². The highest BCUT2D eigenvalue weighted by molar-refractivity contribution is 6.16. The summed E-state index contributed by atoms with van der Waals surface area (Å²) in [6.07, 6.45) is 0. The number of rotatable bonds is 3. The molecule has 0 aliphatic carbocycles. The van der Waals surface area contributed by atoms with E-state index in [9.17, 15) is 9.59 Å². The molecule has 2 aromatic rings. The van der Waals surface area contributed by atoms with Gasteiger partial charge in [-0.2, -0.15) is 0 Å². The van der Waals surface area contributed by atoms with Crippen molar-refractivity contribution >= 4 is 17.5 Å². The molecule has 0 radical (unpaired) electrons. The predicted molar refractivity (Wildman–Crippen MR) is 117 cm³/mol. The van der Waals surface area contributed by atoms with Gasteiger partial charge in [-0.25, -0.2) is 0 Å². The molecule has 2 aliphatic rings. The Morgan fingerprint density at radius 1 is 1.07 bits per heavy atom. The zero-order valence-electron chi connectivity index (χ0n) is 18.1. The van der Waals surface area contributed by atoms with Crippen LogP contribution >= 0.6 is 0 Å². The molecule has 30 heavy (non-hydrogen) atoms. The number of benzene rings is 2. The molecule has 4 rings (SSSR count). The average Bonchev–Trinajstić information content (AvgIpc) is 2.74. The van der Waals surface area contributed by atoms with Gasteiger partial charge in [-0.3, -0.25) is 14.5 Å². The van der Waals surface area contributed by atoms with Gasteiger partial charge in [0.25, 0.3) is 17.4 Å². The minimum absolute atomic E-state index is 0.263. The molecule has 1 fully saturated rings. The number of hydrogen-bond donors (Lipinski definition) is 0. The summed E-state index contributed by atoms with van der Waals surface area (Å²) in [4.78, 5) is 32.1. The molecule has 2 aliphatic heterocycles. The van der Waals surface area contributed by atoms with Gasteiger partial charge in [0.15, 0.2) is 0 Å². The number of piperazine rings is 1. The molecule has 0 N–H and O–H groups in total. The van der Waals surface area contributed by atoms with Crippen molar-refractivity contribution in [2.75, 3.05) is 38.1 Å². The van der Waals surface area contributed by atoms with Crippen LogP contribution in [0.4, 0.5) is 5.69 Å². The van der Waals surface area contributed by atoms with Crippen LogP contribution in [0.3, 0.4) is 0 Å². The quantitative estimate of drug-likeness (QED) is 0.735. The largest absolute Gasteiger partial charge is 0.465 e. The van der Waals surface area contributed by atoms with E-state index < -0.39 is 5.60 Å². The molecule has 0 spiro atoms. The standard InChI is InChI=1S/C24H29N3O3/c1-17-9-10-21-20(15-17)25(4)22(28)24(3,30-21)23(29)27-13-11-26(12-14-27)16-19-8-6-5-7-18(19)2/h5-10,15H,11-14,16H2,1-4H3. The number of carbonyl (C=O) groups excluding carboxylic acids is 2. The van der Waals surface area contributed by atoms with Gasteiger partial charge in [0, 0.05) is 39.8 Å². The molecule has 6 nitrogen and oxygen atoms in total. The van der Waals surface area contributed by atoms with Crippen molar-refractivity contribution in [3.8, 4) is 5.75 Å². The summed E-state index contributed by atoms with van der Waals surface area (Å²) in [5, 5.41) is 0. The van der Waals surface area contributed by atoms with Gasteiger partial charge >= 0.3 is 0 Å². The van der Waals surface area contributed by atoms with Crippen LogP contribution in [0, 0.1) is 13.8 Å². The van der Waals surface area contributed by atoms with Gasteiger partial charge in [-0.1, -0.05) is 30.3 Å². The summed E-state index contributed by atoms with van der Waals surface area (Å²) in [7, 11) is 1.70. The van der Waals surface area contributed by atoms with Gasteiger partial charge in [-0.05, 0) is 49.6 Å². The van der Waals surface area contributed by atoms with Crippen LogP contribution in [-0.2, 0) is 16.1 Å². The van der Waals surface area contributed by atoms with Gasteiger partial charge in [0.2, 0.25) is 0 Å². The van der Waals surface area contributed by atoms with E-state index in [1.807, 2.05) is 31.2 Å². The smallest absolute Gasteiger partial charge is 0.280 e. The van der Waals surface area contributed by atoms with E-state index in [1.165, 1.54) is 16.0 Å². The average molecular weight is 408 g/mol. The summed E-state index contributed by atoms with van der Waals surface area (Å²) >= 11 is 0. The van der Waals surface area contributed by atoms with Crippen LogP contribution in [0.5, 0.6) is 5.75 Å². The summed E-state index contributed by atoms with van der Waals surface area (Å²) in [6, 6.07) is 14.0. The first-order valence-electron chi connectivity index (χ1n) is 10.4. The summed E-state index contributed by atoms with van der Waals surface area (Å²) < 4.78 is 6.01. The van der Waals surface area contributed by atoms with Crippen LogP contribution < -0.4 is 9.64 Å². The van der Waals surface area contributed by atoms with E-state index >= 15 is 0 Å². The number of likely N-dealkylation sites (N-methyl/N-ethyl adjacent to an activating group) is 1. The second-order valence-electron chi connectivity index (χ2n) is 8.47. The van der Waals surface area contributed by atoms with E-state index in [1.54, 1.807) is 18.9 Å². The molecule has 158 valence electrons. The monoisotopic (exact) mass is 407 g/mol. The summed E-state index contributed by atoms with van der Waals surface area (Å²) in [6.45, 7) is 9.27. The molecule has 6 heteroatoms. The number of fused-ring (bicyclic) bond motifs is 1. The van der Waals surface area contributed by atoms with Gasteiger partial charge < -0.3 is 14.5 Å². The van der Waals surface area contributed by atoms with Crippen molar-refractivity contribution in [3.63, 3.8) is 0 Å². The number of carbonyl (C=O) groups is 2. The highest BCUT2D eigenvalue weighted by Crippen LogP contribution is 2.38. The molecule has 0 bridgehead atoms. The molecule has 0 saturated carbocycles. The van der Waals surface area contributed by atoms with E-state index in [0.29, 0.717) is 24.5 Å². The number of nitrogens with zero attached hydrogens (tertiary/aromatic N) is 3. The zero-order chi connectivity index (χ0) is 21.5. The molecule has 1 atom stereocenters. The lowest BCUT2D eigenvalue weighted by Crippen LogP contribution is -2.64. The zero-order valence-corrected chi connectivity index (χ0v) is 18.1. The molecule has 2 heterocycles. The minimum atomic E-state index is -1.53. The van der Waals surface area contributed by atoms with Crippen LogP contribution in [0.1, 0.15) is 23.6 Å². The van der Waals surface area contributed by atoms with Crippen molar-refractivity contribution in [1.29, 1.82) is 0 Å². The Bertz CT molecular complexity index is 981.